The zero-order chi connectivity index (χ0) is 10.5. The van der Waals surface area contributed by atoms with Crippen LogP contribution in [0.4, 0.5) is 0 Å². The second-order valence-electron chi connectivity index (χ2n) is 3.77. The zero-order valence-electron chi connectivity index (χ0n) is 8.93. The SMILES string of the molecule is CC1=N[C@H](Cc2ccccc2)C=CC=C1. The minimum atomic E-state index is 0.280. The second kappa shape index (κ2) is 4.74. The summed E-state index contributed by atoms with van der Waals surface area (Å²) < 4.78 is 0. The van der Waals surface area contributed by atoms with E-state index in [1.54, 1.807) is 0 Å². The molecule has 0 saturated carbocycles. The molecule has 15 heavy (non-hydrogen) atoms. The van der Waals surface area contributed by atoms with Crippen molar-refractivity contribution in [2.75, 3.05) is 0 Å². The predicted molar refractivity (Wildman–Crippen MR) is 65.3 cm³/mol. The number of allylic oxidation sites excluding steroid dienone is 3. The van der Waals surface area contributed by atoms with Crippen LogP contribution >= 0.6 is 0 Å². The van der Waals surface area contributed by atoms with Crippen molar-refractivity contribution in [3.63, 3.8) is 0 Å². The number of hydrogen-bond donors (Lipinski definition) is 0. The van der Waals surface area contributed by atoms with Crippen molar-refractivity contribution < 1.29 is 0 Å². The van der Waals surface area contributed by atoms with Crippen LogP contribution < -0.4 is 0 Å². The number of nitrogens with zero attached hydrogens (tertiary/aromatic N) is 1. The first-order valence-electron chi connectivity index (χ1n) is 5.28. The number of rotatable bonds is 2. The molecule has 1 heteroatoms. The van der Waals surface area contributed by atoms with E-state index in [2.05, 4.69) is 41.4 Å². The second-order valence-corrected chi connectivity index (χ2v) is 3.77. The van der Waals surface area contributed by atoms with Crippen LogP contribution in [-0.4, -0.2) is 11.8 Å². The van der Waals surface area contributed by atoms with Gasteiger partial charge in [0, 0.05) is 5.71 Å². The van der Waals surface area contributed by atoms with Crippen LogP contribution in [0.25, 0.3) is 0 Å². The molecule has 0 aliphatic carbocycles. The Labute approximate surface area is 90.9 Å². The smallest absolute Gasteiger partial charge is 0.0726 e. The lowest BCUT2D eigenvalue weighted by Gasteiger charge is -2.07. The highest BCUT2D eigenvalue weighted by atomic mass is 14.8. The molecule has 76 valence electrons. The lowest BCUT2D eigenvalue weighted by Crippen LogP contribution is -2.06. The maximum atomic E-state index is 4.61. The average molecular weight is 197 g/mol. The predicted octanol–water partition coefficient (Wildman–Crippen LogP) is 3.18. The van der Waals surface area contributed by atoms with Crippen molar-refractivity contribution in [1.82, 2.24) is 0 Å². The Bertz CT molecular complexity index is 399. The van der Waals surface area contributed by atoms with Crippen LogP contribution in [0, 0.1) is 0 Å². The van der Waals surface area contributed by atoms with Crippen LogP contribution in [0.1, 0.15) is 12.5 Å². The van der Waals surface area contributed by atoms with Gasteiger partial charge >= 0.3 is 0 Å². The van der Waals surface area contributed by atoms with Gasteiger partial charge in [0.2, 0.25) is 0 Å². The number of hydrogen-bond acceptors (Lipinski definition) is 1. The lowest BCUT2D eigenvalue weighted by atomic mass is 10.1. The van der Waals surface area contributed by atoms with Gasteiger partial charge < -0.3 is 0 Å². The molecule has 0 unspecified atom stereocenters. The van der Waals surface area contributed by atoms with Gasteiger partial charge in [-0.2, -0.15) is 0 Å². The highest BCUT2D eigenvalue weighted by Gasteiger charge is 2.04. The molecule has 1 heterocycles. The summed E-state index contributed by atoms with van der Waals surface area (Å²) in [5.74, 6) is 0. The van der Waals surface area contributed by atoms with Crippen LogP contribution in [-0.2, 0) is 6.42 Å². The molecular formula is C14H15N. The highest BCUT2D eigenvalue weighted by molar-refractivity contribution is 5.93. The summed E-state index contributed by atoms with van der Waals surface area (Å²) in [6, 6.07) is 10.8. The van der Waals surface area contributed by atoms with E-state index in [0.717, 1.165) is 12.1 Å². The summed E-state index contributed by atoms with van der Waals surface area (Å²) in [6.45, 7) is 2.04. The number of benzene rings is 1. The van der Waals surface area contributed by atoms with Crippen molar-refractivity contribution in [3.8, 4) is 0 Å². The molecule has 0 aromatic heterocycles. The quantitative estimate of drug-likeness (QED) is 0.690. The van der Waals surface area contributed by atoms with Gasteiger partial charge in [0.15, 0.2) is 0 Å². The molecule has 0 saturated heterocycles. The van der Waals surface area contributed by atoms with Crippen molar-refractivity contribution in [3.05, 3.63) is 60.2 Å². The van der Waals surface area contributed by atoms with Crippen molar-refractivity contribution in [2.24, 2.45) is 4.99 Å². The largest absolute Gasteiger partial charge is 0.282 e. The maximum absolute atomic E-state index is 4.61. The first kappa shape index (κ1) is 9.91. The Hall–Kier alpha value is -1.63. The van der Waals surface area contributed by atoms with Gasteiger partial charge in [-0.05, 0) is 25.0 Å². The molecule has 0 spiro atoms. The molecule has 1 aromatic rings. The van der Waals surface area contributed by atoms with Crippen molar-refractivity contribution >= 4 is 5.71 Å². The van der Waals surface area contributed by atoms with E-state index in [0.29, 0.717) is 0 Å². The van der Waals surface area contributed by atoms with Gasteiger partial charge in [0.25, 0.3) is 0 Å². The van der Waals surface area contributed by atoms with Gasteiger partial charge in [-0.1, -0.05) is 48.6 Å². The molecule has 1 atom stereocenters. The van der Waals surface area contributed by atoms with Gasteiger partial charge in [0.05, 0.1) is 6.04 Å². The van der Waals surface area contributed by atoms with E-state index in [1.807, 2.05) is 25.1 Å². The first-order valence-corrected chi connectivity index (χ1v) is 5.28. The fraction of sp³-hybridized carbons (Fsp3) is 0.214. The molecule has 0 N–H and O–H groups in total. The van der Waals surface area contributed by atoms with Crippen LogP contribution in [0.15, 0.2) is 59.6 Å². The molecule has 1 aliphatic heterocycles. The van der Waals surface area contributed by atoms with Crippen LogP contribution in [0.5, 0.6) is 0 Å². The fourth-order valence-corrected chi connectivity index (χ4v) is 1.70. The van der Waals surface area contributed by atoms with E-state index in [9.17, 15) is 0 Å². The zero-order valence-corrected chi connectivity index (χ0v) is 8.93. The fourth-order valence-electron chi connectivity index (χ4n) is 1.70. The highest BCUT2D eigenvalue weighted by Crippen LogP contribution is 2.09. The summed E-state index contributed by atoms with van der Waals surface area (Å²) in [6.07, 6.45) is 9.30. The van der Waals surface area contributed by atoms with E-state index < -0.39 is 0 Å². The topological polar surface area (TPSA) is 12.4 Å². The normalized spacial score (nSPS) is 19.8. The number of aliphatic imine (C=N–C) groups is 1. The van der Waals surface area contributed by atoms with Crippen LogP contribution in [0.3, 0.4) is 0 Å². The Morgan fingerprint density at radius 3 is 2.73 bits per heavy atom. The van der Waals surface area contributed by atoms with Gasteiger partial charge in [-0.25, -0.2) is 0 Å². The molecule has 2 rings (SSSR count). The Morgan fingerprint density at radius 1 is 1.13 bits per heavy atom. The molecule has 1 nitrogen and oxygen atoms in total. The summed E-state index contributed by atoms with van der Waals surface area (Å²) in [7, 11) is 0. The molecule has 0 fully saturated rings. The van der Waals surface area contributed by atoms with E-state index in [4.69, 9.17) is 0 Å². The van der Waals surface area contributed by atoms with E-state index in [-0.39, 0.29) is 6.04 Å². The molecule has 0 bridgehead atoms. The maximum Gasteiger partial charge on any atom is 0.0726 e. The molecular weight excluding hydrogens is 182 g/mol. The van der Waals surface area contributed by atoms with Crippen molar-refractivity contribution in [1.29, 1.82) is 0 Å². The van der Waals surface area contributed by atoms with Gasteiger partial charge in [-0.3, -0.25) is 4.99 Å². The minimum Gasteiger partial charge on any atom is -0.282 e. The summed E-state index contributed by atoms with van der Waals surface area (Å²) >= 11 is 0. The Kier molecular flexibility index (Phi) is 3.13. The third-order valence-electron chi connectivity index (χ3n) is 2.44. The van der Waals surface area contributed by atoms with E-state index in [1.165, 1.54) is 5.56 Å². The summed E-state index contributed by atoms with van der Waals surface area (Å²) in [4.78, 5) is 4.61. The average Bonchev–Trinajstić information content (AvgIpc) is 2.44. The first-order chi connectivity index (χ1) is 7.34. The summed E-state index contributed by atoms with van der Waals surface area (Å²) in [5.41, 5.74) is 2.44. The molecule has 1 aromatic carbocycles. The molecule has 1 aliphatic rings. The van der Waals surface area contributed by atoms with Crippen LogP contribution in [0.2, 0.25) is 0 Å². The Morgan fingerprint density at radius 2 is 1.93 bits per heavy atom. The third-order valence-corrected chi connectivity index (χ3v) is 2.44. The standard InChI is InChI=1S/C14H15N/c1-12-7-5-6-10-14(15-12)11-13-8-3-2-4-9-13/h2-10,14H,11H2,1H3/t14-/m0/s1. The molecule has 0 radical (unpaired) electrons. The van der Waals surface area contributed by atoms with Crippen molar-refractivity contribution in [2.45, 2.75) is 19.4 Å². The summed E-state index contributed by atoms with van der Waals surface area (Å²) in [5, 5.41) is 0. The molecule has 0 amide bonds. The van der Waals surface area contributed by atoms with Gasteiger partial charge in [0.1, 0.15) is 0 Å². The minimum absolute atomic E-state index is 0.280. The monoisotopic (exact) mass is 197 g/mol. The lowest BCUT2D eigenvalue weighted by molar-refractivity contribution is 0.813. The Balaban J connectivity index is 2.10. The van der Waals surface area contributed by atoms with Gasteiger partial charge in [-0.15, -0.1) is 0 Å². The van der Waals surface area contributed by atoms with E-state index >= 15 is 0 Å². The third kappa shape index (κ3) is 2.91.